The highest BCUT2D eigenvalue weighted by atomic mass is 79.9. The first-order chi connectivity index (χ1) is 11.9. The number of hydrogen-bond donors (Lipinski definition) is 2. The molecule has 0 radical (unpaired) electrons. The number of halogens is 3. The summed E-state index contributed by atoms with van der Waals surface area (Å²) in [6.07, 6.45) is 2.73. The van der Waals surface area contributed by atoms with Gasteiger partial charge in [-0.15, -0.1) is 0 Å². The van der Waals surface area contributed by atoms with Crippen LogP contribution in [0, 0.1) is 0 Å². The Morgan fingerprint density at radius 1 is 1.31 bits per heavy atom. The average molecular weight is 450 g/mol. The Labute approximate surface area is 162 Å². The van der Waals surface area contributed by atoms with E-state index >= 15 is 0 Å². The van der Waals surface area contributed by atoms with Crippen LogP contribution < -0.4 is 4.72 Å². The molecule has 0 aliphatic rings. The van der Waals surface area contributed by atoms with E-state index in [1.165, 1.54) is 24.0 Å². The minimum atomic E-state index is -3.56. The fourth-order valence-electron chi connectivity index (χ4n) is 2.18. The van der Waals surface area contributed by atoms with Gasteiger partial charge in [-0.25, -0.2) is 22.4 Å². The van der Waals surface area contributed by atoms with Gasteiger partial charge in [-0.05, 0) is 45.9 Å². The molecule has 2 N–H and O–H groups in total. The van der Waals surface area contributed by atoms with Gasteiger partial charge >= 0.3 is 0 Å². The number of aromatic nitrogens is 2. The molecule has 0 amide bonds. The second-order valence-corrected chi connectivity index (χ2v) is 10.0. The first-order valence-electron chi connectivity index (χ1n) is 7.90. The molecule has 26 heavy (non-hydrogen) atoms. The fourth-order valence-corrected chi connectivity index (χ4v) is 3.51. The Kier molecular flexibility index (Phi) is 6.06. The van der Waals surface area contributed by atoms with Crippen LogP contribution >= 0.6 is 15.9 Å². The normalized spacial score (nSPS) is 16.3. The van der Waals surface area contributed by atoms with Crippen molar-refractivity contribution in [2.24, 2.45) is 0 Å². The fraction of sp³-hybridized carbons (Fsp3) is 0.471. The molecule has 2 aromatic rings. The van der Waals surface area contributed by atoms with Crippen LogP contribution in [0.15, 0.2) is 41.1 Å². The van der Waals surface area contributed by atoms with Gasteiger partial charge in [-0.3, -0.25) is 0 Å². The topological polar surface area (TPSA) is 67.2 Å². The van der Waals surface area contributed by atoms with E-state index in [9.17, 15) is 18.1 Å². The first-order valence-corrected chi connectivity index (χ1v) is 9.84. The third-order valence-corrected chi connectivity index (χ3v) is 6.22. The molecule has 1 heterocycles. The van der Waals surface area contributed by atoms with E-state index in [1.807, 2.05) is 6.07 Å². The highest BCUT2D eigenvalue weighted by Gasteiger charge is 2.53. The number of nitrogens with zero attached hydrogens (tertiary/aromatic N) is 2. The largest absolute Gasteiger partial charge is 0.390 e. The van der Waals surface area contributed by atoms with Crippen molar-refractivity contribution in [1.82, 2.24) is 14.5 Å². The summed E-state index contributed by atoms with van der Waals surface area (Å²) in [5.41, 5.74) is -1.27. The monoisotopic (exact) mass is 449 g/mol. The molecular weight excluding hydrogens is 428 g/mol. The number of hydrogen-bond acceptors (Lipinski definition) is 3. The highest BCUT2D eigenvalue weighted by molar-refractivity contribution is 9.10. The smallest absolute Gasteiger partial charge is 0.293 e. The SMILES string of the molecule is CC(C)(C)S(=O)NC(C)(c1cnn(-c2cccc(Br)c2)c1)C(F)(F)CO. The van der Waals surface area contributed by atoms with Crippen LogP contribution in [0.5, 0.6) is 0 Å². The Morgan fingerprint density at radius 2 is 1.96 bits per heavy atom. The zero-order valence-electron chi connectivity index (χ0n) is 15.0. The van der Waals surface area contributed by atoms with E-state index in [2.05, 4.69) is 25.8 Å². The van der Waals surface area contributed by atoms with E-state index in [0.29, 0.717) is 5.69 Å². The number of aliphatic hydroxyl groups excluding tert-OH is 1. The van der Waals surface area contributed by atoms with Gasteiger partial charge in [0.25, 0.3) is 5.92 Å². The Morgan fingerprint density at radius 3 is 2.50 bits per heavy atom. The van der Waals surface area contributed by atoms with Crippen molar-refractivity contribution in [3.63, 3.8) is 0 Å². The summed E-state index contributed by atoms with van der Waals surface area (Å²) in [5.74, 6) is -3.56. The van der Waals surface area contributed by atoms with Gasteiger partial charge in [0.2, 0.25) is 0 Å². The maximum atomic E-state index is 14.6. The van der Waals surface area contributed by atoms with Crippen molar-refractivity contribution in [3.8, 4) is 5.69 Å². The van der Waals surface area contributed by atoms with Crippen molar-refractivity contribution in [2.45, 2.75) is 43.9 Å². The molecule has 0 bridgehead atoms. The van der Waals surface area contributed by atoms with Gasteiger partial charge < -0.3 is 5.11 Å². The Hall–Kier alpha value is -1.16. The predicted molar refractivity (Wildman–Crippen MR) is 102 cm³/mol. The summed E-state index contributed by atoms with van der Waals surface area (Å²) in [7, 11) is -1.78. The van der Waals surface area contributed by atoms with Crippen molar-refractivity contribution >= 4 is 26.9 Å². The quantitative estimate of drug-likeness (QED) is 0.708. The van der Waals surface area contributed by atoms with Crippen LogP contribution in [0.25, 0.3) is 5.69 Å². The van der Waals surface area contributed by atoms with Crippen LogP contribution in [0.3, 0.4) is 0 Å². The molecule has 2 rings (SSSR count). The highest BCUT2D eigenvalue weighted by Crippen LogP contribution is 2.38. The van der Waals surface area contributed by atoms with Crippen molar-refractivity contribution in [2.75, 3.05) is 6.61 Å². The lowest BCUT2D eigenvalue weighted by molar-refractivity contribution is -0.113. The van der Waals surface area contributed by atoms with E-state index in [4.69, 9.17) is 0 Å². The minimum absolute atomic E-state index is 0.120. The Balaban J connectivity index is 2.49. The lowest BCUT2D eigenvalue weighted by atomic mass is 9.89. The number of aliphatic hydroxyl groups is 1. The zero-order valence-corrected chi connectivity index (χ0v) is 17.4. The summed E-state index contributed by atoms with van der Waals surface area (Å²) in [5, 5.41) is 13.4. The van der Waals surface area contributed by atoms with Crippen LogP contribution in [0.1, 0.15) is 33.3 Å². The molecule has 9 heteroatoms. The molecule has 0 fully saturated rings. The summed E-state index contributed by atoms with van der Waals surface area (Å²) >= 11 is 3.36. The first kappa shape index (κ1) is 21.1. The minimum Gasteiger partial charge on any atom is -0.390 e. The molecule has 0 aliphatic carbocycles. The molecule has 1 aromatic carbocycles. The van der Waals surface area contributed by atoms with Crippen LogP contribution in [-0.2, 0) is 16.5 Å². The molecule has 0 saturated heterocycles. The molecule has 0 spiro atoms. The van der Waals surface area contributed by atoms with Gasteiger partial charge in [-0.1, -0.05) is 22.0 Å². The number of benzene rings is 1. The van der Waals surface area contributed by atoms with Crippen molar-refractivity contribution < 1.29 is 18.1 Å². The molecule has 1 aromatic heterocycles. The van der Waals surface area contributed by atoms with Gasteiger partial charge in [0.15, 0.2) is 0 Å². The van der Waals surface area contributed by atoms with Gasteiger partial charge in [0, 0.05) is 16.2 Å². The maximum absolute atomic E-state index is 14.6. The summed E-state index contributed by atoms with van der Waals surface area (Å²) < 4.78 is 45.8. The van der Waals surface area contributed by atoms with E-state index < -0.39 is 33.8 Å². The van der Waals surface area contributed by atoms with E-state index in [1.54, 1.807) is 39.0 Å². The van der Waals surface area contributed by atoms with Gasteiger partial charge in [0.1, 0.15) is 12.1 Å². The predicted octanol–water partition coefficient (Wildman–Crippen LogP) is 3.53. The molecule has 0 saturated carbocycles. The van der Waals surface area contributed by atoms with E-state index in [0.717, 1.165) is 4.47 Å². The van der Waals surface area contributed by atoms with Crippen LogP contribution in [-0.4, -0.2) is 36.4 Å². The van der Waals surface area contributed by atoms with Crippen LogP contribution in [0.4, 0.5) is 8.78 Å². The van der Waals surface area contributed by atoms with Gasteiger partial charge in [0.05, 0.1) is 27.6 Å². The lowest BCUT2D eigenvalue weighted by Gasteiger charge is -2.37. The zero-order chi connectivity index (χ0) is 19.8. The lowest BCUT2D eigenvalue weighted by Crippen LogP contribution is -2.58. The number of nitrogens with one attached hydrogen (secondary N) is 1. The average Bonchev–Trinajstić information content (AvgIpc) is 3.04. The molecule has 2 atom stereocenters. The van der Waals surface area contributed by atoms with Gasteiger partial charge in [-0.2, -0.15) is 5.10 Å². The summed E-state index contributed by atoms with van der Waals surface area (Å²) in [4.78, 5) is 0. The van der Waals surface area contributed by atoms with E-state index in [-0.39, 0.29) is 5.56 Å². The molecule has 5 nitrogen and oxygen atoms in total. The number of rotatable bonds is 6. The Bertz CT molecular complexity index is 807. The summed E-state index contributed by atoms with van der Waals surface area (Å²) in [6, 6.07) is 7.21. The third-order valence-electron chi connectivity index (χ3n) is 4.02. The standard InChI is InChI=1S/C17H22BrF2N3O2S/c1-15(2,3)26(25)22-16(4,17(19,20)11-24)12-9-21-23(10-12)14-7-5-6-13(18)8-14/h5-10,22,24H,11H2,1-4H3. The summed E-state index contributed by atoms with van der Waals surface area (Å²) in [6.45, 7) is 4.87. The third kappa shape index (κ3) is 4.21. The molecule has 2 unspecified atom stereocenters. The van der Waals surface area contributed by atoms with Crippen molar-refractivity contribution in [3.05, 3.63) is 46.7 Å². The second-order valence-electron chi connectivity index (χ2n) is 7.12. The molecular formula is C17H22BrF2N3O2S. The second kappa shape index (κ2) is 7.46. The van der Waals surface area contributed by atoms with Crippen LogP contribution in [0.2, 0.25) is 0 Å². The molecule has 144 valence electrons. The number of alkyl halides is 2. The van der Waals surface area contributed by atoms with Crippen molar-refractivity contribution in [1.29, 1.82) is 0 Å². The molecule has 0 aliphatic heterocycles. The maximum Gasteiger partial charge on any atom is 0.293 e.